The molecule has 22 heavy (non-hydrogen) atoms. The molecule has 0 spiro atoms. The standard InChI is InChI=1S/C16H14O6/c17-9-11-1-5-13(6-2-11)15(19)21-22-16(20)14-7-3-12(10-18)4-8-14/h1-8,17-18H,9-10H2. The van der Waals surface area contributed by atoms with Gasteiger partial charge in [0.1, 0.15) is 0 Å². The average molecular weight is 302 g/mol. The summed E-state index contributed by atoms with van der Waals surface area (Å²) in [4.78, 5) is 32.3. The molecule has 0 heterocycles. The van der Waals surface area contributed by atoms with Gasteiger partial charge in [0, 0.05) is 0 Å². The van der Waals surface area contributed by atoms with E-state index in [0.29, 0.717) is 11.1 Å². The Morgan fingerprint density at radius 2 is 1.00 bits per heavy atom. The van der Waals surface area contributed by atoms with Crippen LogP contribution in [-0.4, -0.2) is 22.2 Å². The number of benzene rings is 2. The van der Waals surface area contributed by atoms with Crippen LogP contribution >= 0.6 is 0 Å². The number of aliphatic hydroxyl groups excluding tert-OH is 2. The first kappa shape index (κ1) is 15.7. The van der Waals surface area contributed by atoms with Crippen molar-refractivity contribution in [2.24, 2.45) is 0 Å². The van der Waals surface area contributed by atoms with Crippen molar-refractivity contribution in [1.29, 1.82) is 0 Å². The molecule has 0 atom stereocenters. The molecule has 0 aliphatic carbocycles. The third kappa shape index (κ3) is 3.91. The summed E-state index contributed by atoms with van der Waals surface area (Å²) in [5.41, 5.74) is 1.69. The Morgan fingerprint density at radius 1 is 0.682 bits per heavy atom. The predicted octanol–water partition coefficient (Wildman–Crippen LogP) is 1.60. The fourth-order valence-electron chi connectivity index (χ4n) is 1.66. The highest BCUT2D eigenvalue weighted by Crippen LogP contribution is 2.09. The molecule has 6 heteroatoms. The maximum Gasteiger partial charge on any atom is 0.386 e. The summed E-state index contributed by atoms with van der Waals surface area (Å²) in [7, 11) is 0. The van der Waals surface area contributed by atoms with Crippen LogP contribution in [0.4, 0.5) is 0 Å². The second-order valence-electron chi connectivity index (χ2n) is 4.45. The summed E-state index contributed by atoms with van der Waals surface area (Å²) in [6, 6.07) is 12.1. The van der Waals surface area contributed by atoms with Gasteiger partial charge in [0.15, 0.2) is 0 Å². The zero-order chi connectivity index (χ0) is 15.9. The fraction of sp³-hybridized carbons (Fsp3) is 0.125. The average Bonchev–Trinajstić information content (AvgIpc) is 2.59. The quantitative estimate of drug-likeness (QED) is 0.658. The van der Waals surface area contributed by atoms with E-state index < -0.39 is 11.9 Å². The minimum absolute atomic E-state index is 0.131. The molecule has 2 aromatic rings. The lowest BCUT2D eigenvalue weighted by atomic mass is 10.1. The maximum atomic E-state index is 11.7. The lowest BCUT2D eigenvalue weighted by Gasteiger charge is -2.04. The number of rotatable bonds is 4. The molecule has 2 N–H and O–H groups in total. The Bertz CT molecular complexity index is 586. The molecule has 0 aromatic heterocycles. The zero-order valence-electron chi connectivity index (χ0n) is 11.6. The molecule has 114 valence electrons. The second-order valence-corrected chi connectivity index (χ2v) is 4.45. The van der Waals surface area contributed by atoms with Crippen molar-refractivity contribution in [2.75, 3.05) is 0 Å². The molecular formula is C16H14O6. The molecule has 0 amide bonds. The van der Waals surface area contributed by atoms with Crippen LogP contribution in [0.15, 0.2) is 48.5 Å². The van der Waals surface area contributed by atoms with Crippen LogP contribution in [0, 0.1) is 0 Å². The Hall–Kier alpha value is -2.70. The molecule has 2 rings (SSSR count). The monoisotopic (exact) mass is 302 g/mol. The number of carbonyl (C=O) groups is 2. The van der Waals surface area contributed by atoms with Crippen molar-refractivity contribution in [3.8, 4) is 0 Å². The number of hydrogen-bond donors (Lipinski definition) is 2. The molecule has 6 nitrogen and oxygen atoms in total. The normalized spacial score (nSPS) is 10.1. The van der Waals surface area contributed by atoms with Gasteiger partial charge in [-0.05, 0) is 35.4 Å². The number of hydrogen-bond acceptors (Lipinski definition) is 6. The summed E-state index contributed by atoms with van der Waals surface area (Å²) < 4.78 is 0. The molecule has 0 unspecified atom stereocenters. The van der Waals surface area contributed by atoms with Gasteiger partial charge in [-0.15, -0.1) is 0 Å². The van der Waals surface area contributed by atoms with Crippen molar-refractivity contribution >= 4 is 11.9 Å². The zero-order valence-corrected chi connectivity index (χ0v) is 11.6. The molecule has 0 saturated heterocycles. The molecule has 0 aliphatic heterocycles. The summed E-state index contributed by atoms with van der Waals surface area (Å²) in [5, 5.41) is 17.8. The van der Waals surface area contributed by atoms with Crippen molar-refractivity contribution < 1.29 is 29.6 Å². The van der Waals surface area contributed by atoms with Crippen LogP contribution in [0.5, 0.6) is 0 Å². The van der Waals surface area contributed by atoms with E-state index in [4.69, 9.17) is 10.2 Å². The highest BCUT2D eigenvalue weighted by molar-refractivity contribution is 5.92. The van der Waals surface area contributed by atoms with Crippen molar-refractivity contribution in [3.05, 3.63) is 70.8 Å². The Morgan fingerprint density at radius 3 is 1.27 bits per heavy atom. The van der Waals surface area contributed by atoms with E-state index in [1.807, 2.05) is 0 Å². The Labute approximate surface area is 126 Å². The molecule has 0 aliphatic rings. The van der Waals surface area contributed by atoms with Crippen molar-refractivity contribution in [3.63, 3.8) is 0 Å². The van der Waals surface area contributed by atoms with Gasteiger partial charge in [0.2, 0.25) is 0 Å². The van der Waals surface area contributed by atoms with E-state index in [2.05, 4.69) is 9.78 Å². The first-order chi connectivity index (χ1) is 10.6. The van der Waals surface area contributed by atoms with Gasteiger partial charge in [-0.2, -0.15) is 0 Å². The van der Waals surface area contributed by atoms with Gasteiger partial charge in [0.25, 0.3) is 0 Å². The topological polar surface area (TPSA) is 93.1 Å². The van der Waals surface area contributed by atoms with Crippen LogP contribution in [0.25, 0.3) is 0 Å². The third-order valence-electron chi connectivity index (χ3n) is 2.94. The van der Waals surface area contributed by atoms with E-state index in [1.54, 1.807) is 24.3 Å². The molecule has 0 fully saturated rings. The van der Waals surface area contributed by atoms with E-state index in [9.17, 15) is 9.59 Å². The molecular weight excluding hydrogens is 288 g/mol. The highest BCUT2D eigenvalue weighted by Gasteiger charge is 2.14. The Balaban J connectivity index is 1.92. The lowest BCUT2D eigenvalue weighted by molar-refractivity contribution is -0.187. The number of carbonyl (C=O) groups excluding carboxylic acids is 2. The van der Waals surface area contributed by atoms with E-state index in [1.165, 1.54) is 24.3 Å². The first-order valence-electron chi connectivity index (χ1n) is 6.47. The van der Waals surface area contributed by atoms with E-state index >= 15 is 0 Å². The highest BCUT2D eigenvalue weighted by atomic mass is 17.2. The van der Waals surface area contributed by atoms with Crippen LogP contribution in [-0.2, 0) is 23.0 Å². The van der Waals surface area contributed by atoms with Gasteiger partial charge in [-0.25, -0.2) is 19.4 Å². The lowest BCUT2D eigenvalue weighted by Crippen LogP contribution is -2.12. The summed E-state index contributed by atoms with van der Waals surface area (Å²) in [6.07, 6.45) is 0. The van der Waals surface area contributed by atoms with Gasteiger partial charge < -0.3 is 10.2 Å². The van der Waals surface area contributed by atoms with Gasteiger partial charge >= 0.3 is 11.9 Å². The van der Waals surface area contributed by atoms with Gasteiger partial charge in [-0.3, -0.25) is 0 Å². The molecule has 0 radical (unpaired) electrons. The van der Waals surface area contributed by atoms with Crippen LogP contribution in [0.2, 0.25) is 0 Å². The number of aliphatic hydroxyl groups is 2. The second kappa shape index (κ2) is 7.35. The van der Waals surface area contributed by atoms with E-state index in [-0.39, 0.29) is 24.3 Å². The van der Waals surface area contributed by atoms with Crippen LogP contribution in [0.3, 0.4) is 0 Å². The Kier molecular flexibility index (Phi) is 5.24. The minimum Gasteiger partial charge on any atom is -0.392 e. The van der Waals surface area contributed by atoms with Gasteiger partial charge in [-0.1, -0.05) is 24.3 Å². The summed E-state index contributed by atoms with van der Waals surface area (Å²) >= 11 is 0. The van der Waals surface area contributed by atoms with Crippen molar-refractivity contribution in [1.82, 2.24) is 0 Å². The SMILES string of the molecule is O=C(OOC(=O)c1ccc(CO)cc1)c1ccc(CO)cc1. The minimum atomic E-state index is -0.815. The largest absolute Gasteiger partial charge is 0.392 e. The summed E-state index contributed by atoms with van der Waals surface area (Å²) in [6.45, 7) is -0.262. The van der Waals surface area contributed by atoms with E-state index in [0.717, 1.165) is 0 Å². The third-order valence-corrected chi connectivity index (χ3v) is 2.94. The predicted molar refractivity (Wildman–Crippen MR) is 75.6 cm³/mol. The van der Waals surface area contributed by atoms with Crippen LogP contribution < -0.4 is 0 Å². The van der Waals surface area contributed by atoms with Gasteiger partial charge in [0.05, 0.1) is 24.3 Å². The smallest absolute Gasteiger partial charge is 0.386 e. The first-order valence-corrected chi connectivity index (χ1v) is 6.47. The molecule has 0 bridgehead atoms. The van der Waals surface area contributed by atoms with Crippen molar-refractivity contribution in [2.45, 2.75) is 13.2 Å². The maximum absolute atomic E-state index is 11.7. The molecule has 2 aromatic carbocycles. The fourth-order valence-corrected chi connectivity index (χ4v) is 1.66. The molecule has 0 saturated carbocycles. The summed E-state index contributed by atoms with van der Waals surface area (Å²) in [5.74, 6) is -1.63. The van der Waals surface area contributed by atoms with Crippen LogP contribution in [0.1, 0.15) is 31.8 Å².